The normalized spacial score (nSPS) is 26.5. The Morgan fingerprint density at radius 3 is 2.91 bits per heavy atom. The van der Waals surface area contributed by atoms with Crippen LogP contribution in [-0.4, -0.2) is 57.9 Å². The van der Waals surface area contributed by atoms with E-state index in [1.165, 1.54) is 0 Å². The quantitative estimate of drug-likeness (QED) is 0.372. The molecule has 4 aliphatic heterocycles. The zero-order chi connectivity index (χ0) is 22.8. The Morgan fingerprint density at radius 2 is 2.19 bits per heavy atom. The molecule has 10 nitrogen and oxygen atoms in total. The number of allylic oxidation sites excluding steroid dienone is 5. The lowest BCUT2D eigenvalue weighted by molar-refractivity contribution is -0.466. The molecule has 1 atom stereocenters. The molecule has 10 heteroatoms. The average molecular weight is 439 g/mol. The molecule has 0 saturated heterocycles. The van der Waals surface area contributed by atoms with E-state index in [1.54, 1.807) is 17.9 Å². The maximum absolute atomic E-state index is 13.2. The number of amides is 1. The zero-order valence-electron chi connectivity index (χ0n) is 17.4. The van der Waals surface area contributed by atoms with Gasteiger partial charge in [0, 0.05) is 33.9 Å². The van der Waals surface area contributed by atoms with Crippen molar-refractivity contribution in [3.05, 3.63) is 67.2 Å². The predicted molar refractivity (Wildman–Crippen MR) is 109 cm³/mol. The van der Waals surface area contributed by atoms with Gasteiger partial charge in [-0.25, -0.2) is 4.79 Å². The third-order valence-electron chi connectivity index (χ3n) is 6.70. The molecular weight excluding hydrogens is 418 g/mol. The number of carbonyl (C=O) groups excluding carboxylic acids is 3. The molecule has 0 unspecified atom stereocenters. The molecule has 5 aliphatic rings. The minimum absolute atomic E-state index is 0.0959. The van der Waals surface area contributed by atoms with Crippen LogP contribution in [0.4, 0.5) is 0 Å². The summed E-state index contributed by atoms with van der Waals surface area (Å²) in [6.45, 7) is 0.988. The van der Waals surface area contributed by atoms with Gasteiger partial charge in [0.2, 0.25) is 5.78 Å². The van der Waals surface area contributed by atoms with Crippen LogP contribution in [0.3, 0.4) is 0 Å². The minimum Gasteiger partial charge on any atom is -0.458 e. The number of carbonyl (C=O) groups is 3. The maximum Gasteiger partial charge on any atom is 0.342 e. The molecule has 0 spiro atoms. The number of hydrogen-bond donors (Lipinski definition) is 2. The van der Waals surface area contributed by atoms with E-state index in [0.29, 0.717) is 40.8 Å². The topological polar surface area (TPSA) is 139 Å². The van der Waals surface area contributed by atoms with Crippen LogP contribution in [0, 0.1) is 10.1 Å². The number of esters is 1. The van der Waals surface area contributed by atoms with E-state index in [0.717, 1.165) is 17.0 Å². The molecule has 32 heavy (non-hydrogen) atoms. The smallest absolute Gasteiger partial charge is 0.342 e. The first-order valence-electron chi connectivity index (χ1n) is 10.5. The van der Waals surface area contributed by atoms with Crippen LogP contribution >= 0.6 is 0 Å². The Morgan fingerprint density at radius 1 is 1.41 bits per heavy atom. The van der Waals surface area contributed by atoms with E-state index in [9.17, 15) is 29.6 Å². The van der Waals surface area contributed by atoms with E-state index >= 15 is 0 Å². The largest absolute Gasteiger partial charge is 0.458 e. The molecule has 0 bridgehead atoms. The molecule has 2 N–H and O–H groups in total. The first kappa shape index (κ1) is 20.4. The predicted octanol–water partition coefficient (Wildman–Crippen LogP) is 0.788. The van der Waals surface area contributed by atoms with Crippen molar-refractivity contribution >= 4 is 17.7 Å². The minimum atomic E-state index is -1.83. The van der Waals surface area contributed by atoms with Gasteiger partial charge in [0.05, 0.1) is 17.8 Å². The molecule has 0 radical (unpaired) electrons. The summed E-state index contributed by atoms with van der Waals surface area (Å²) in [6, 6.07) is 0. The van der Waals surface area contributed by atoms with E-state index in [-0.39, 0.29) is 31.9 Å². The summed E-state index contributed by atoms with van der Waals surface area (Å²) in [5.74, 6) is -1.61. The maximum atomic E-state index is 13.2. The molecule has 0 aromatic heterocycles. The van der Waals surface area contributed by atoms with Crippen molar-refractivity contribution in [1.29, 1.82) is 0 Å². The van der Waals surface area contributed by atoms with Crippen molar-refractivity contribution in [2.24, 2.45) is 0 Å². The number of ether oxygens (including phenoxy) is 1. The fraction of sp³-hybridized carbons (Fsp3) is 0.409. The number of rotatable bonds is 4. The summed E-state index contributed by atoms with van der Waals surface area (Å²) in [7, 11) is 0. The molecular formula is C22H21N3O7. The lowest BCUT2D eigenvalue weighted by Crippen LogP contribution is -2.50. The number of nitro groups is 1. The highest BCUT2D eigenvalue weighted by Gasteiger charge is 2.51. The lowest BCUT2D eigenvalue weighted by atomic mass is 9.80. The van der Waals surface area contributed by atoms with Crippen LogP contribution in [0.5, 0.6) is 0 Å². The highest BCUT2D eigenvalue weighted by Crippen LogP contribution is 2.45. The highest BCUT2D eigenvalue weighted by atomic mass is 16.6. The van der Waals surface area contributed by atoms with Crippen LogP contribution in [-0.2, 0) is 19.1 Å². The van der Waals surface area contributed by atoms with Gasteiger partial charge in [-0.3, -0.25) is 19.7 Å². The SMILES string of the molecule is CC[C@@]1(O)C(=O)OCC2=C1CC1=C3NC4=C(C=C3CN1C2=O)C(C(=O)C[N+](=O)[O-])=CCC4. The molecule has 1 amide bonds. The number of aliphatic hydroxyl groups is 1. The lowest BCUT2D eigenvalue weighted by Gasteiger charge is -2.39. The molecule has 5 rings (SSSR count). The van der Waals surface area contributed by atoms with Crippen molar-refractivity contribution in [1.82, 2.24) is 10.2 Å². The van der Waals surface area contributed by atoms with Gasteiger partial charge in [0.25, 0.3) is 12.5 Å². The molecule has 0 aromatic rings. The monoisotopic (exact) mass is 439 g/mol. The molecule has 0 aromatic carbocycles. The van der Waals surface area contributed by atoms with Gasteiger partial charge in [0.1, 0.15) is 6.61 Å². The zero-order valence-corrected chi connectivity index (χ0v) is 17.4. The number of hydrogen-bond acceptors (Lipinski definition) is 8. The van der Waals surface area contributed by atoms with Crippen molar-refractivity contribution in [2.45, 2.75) is 38.2 Å². The molecule has 0 fully saturated rings. The van der Waals surface area contributed by atoms with Crippen LogP contribution in [0.1, 0.15) is 32.6 Å². The standard InChI is InChI=1S/C22H21N3O7/c1-2-22(29)15-7-17-19-11(8-24(17)20(27)14(15)10-32-21(22)28)6-13-12(18(26)9-25(30)31)4-3-5-16(13)23-19/h4,6,23,29H,2-3,5,7-10H2,1H3/t22-/m0/s1. The van der Waals surface area contributed by atoms with Crippen LogP contribution in [0.15, 0.2) is 57.1 Å². The Labute approximate surface area is 182 Å². The average Bonchev–Trinajstić information content (AvgIpc) is 3.12. The van der Waals surface area contributed by atoms with E-state index in [1.807, 2.05) is 6.08 Å². The first-order chi connectivity index (χ1) is 15.2. The highest BCUT2D eigenvalue weighted by molar-refractivity contribution is 6.03. The van der Waals surface area contributed by atoms with Crippen LogP contribution in [0.2, 0.25) is 0 Å². The fourth-order valence-electron chi connectivity index (χ4n) is 5.02. The Balaban J connectivity index is 1.53. The molecule has 1 aliphatic carbocycles. The second-order valence-electron chi connectivity index (χ2n) is 8.39. The summed E-state index contributed by atoms with van der Waals surface area (Å²) in [4.78, 5) is 49.7. The van der Waals surface area contributed by atoms with Gasteiger partial charge in [-0.15, -0.1) is 0 Å². The molecule has 0 saturated carbocycles. The van der Waals surface area contributed by atoms with Crippen molar-refractivity contribution in [3.63, 3.8) is 0 Å². The number of dihydropyridines is 1. The number of nitrogens with one attached hydrogen (secondary N) is 1. The second-order valence-corrected chi connectivity index (χ2v) is 8.39. The summed E-state index contributed by atoms with van der Waals surface area (Å²) in [5.41, 5.74) is 2.74. The summed E-state index contributed by atoms with van der Waals surface area (Å²) in [6.07, 6.45) is 5.05. The van der Waals surface area contributed by atoms with Crippen LogP contribution < -0.4 is 5.32 Å². The van der Waals surface area contributed by atoms with E-state index in [2.05, 4.69) is 5.32 Å². The van der Waals surface area contributed by atoms with Crippen molar-refractivity contribution < 1.29 is 29.2 Å². The van der Waals surface area contributed by atoms with E-state index in [4.69, 9.17) is 4.74 Å². The number of cyclic esters (lactones) is 1. The first-order valence-corrected chi connectivity index (χ1v) is 10.5. The fourth-order valence-corrected chi connectivity index (χ4v) is 5.02. The number of fused-ring (bicyclic) bond motifs is 2. The van der Waals surface area contributed by atoms with Gasteiger partial charge >= 0.3 is 5.97 Å². The summed E-state index contributed by atoms with van der Waals surface area (Å²) < 4.78 is 5.09. The third kappa shape index (κ3) is 2.79. The molecule has 166 valence electrons. The second kappa shape index (κ2) is 6.99. The van der Waals surface area contributed by atoms with E-state index < -0.39 is 28.8 Å². The molecule has 4 heterocycles. The Bertz CT molecular complexity index is 1170. The summed E-state index contributed by atoms with van der Waals surface area (Å²) in [5, 5.41) is 25.1. The Hall–Kier alpha value is -3.53. The number of ketones is 1. The van der Waals surface area contributed by atoms with Gasteiger partial charge in [-0.2, -0.15) is 0 Å². The summed E-state index contributed by atoms with van der Waals surface area (Å²) >= 11 is 0. The number of nitrogens with zero attached hydrogens (tertiary/aromatic N) is 2. The van der Waals surface area contributed by atoms with Gasteiger partial charge in [0.15, 0.2) is 5.60 Å². The van der Waals surface area contributed by atoms with Gasteiger partial charge < -0.3 is 20.1 Å². The van der Waals surface area contributed by atoms with Crippen molar-refractivity contribution in [2.75, 3.05) is 19.7 Å². The number of Topliss-reactive ketones (excluding diaryl/α,β-unsaturated/α-hetero) is 1. The van der Waals surface area contributed by atoms with Crippen molar-refractivity contribution in [3.8, 4) is 0 Å². The third-order valence-corrected chi connectivity index (χ3v) is 6.70. The van der Waals surface area contributed by atoms with Gasteiger partial charge in [-0.05, 0) is 36.5 Å². The Kier molecular flexibility index (Phi) is 4.45. The van der Waals surface area contributed by atoms with Crippen LogP contribution in [0.25, 0.3) is 0 Å². The van der Waals surface area contributed by atoms with Gasteiger partial charge in [-0.1, -0.05) is 13.0 Å².